The summed E-state index contributed by atoms with van der Waals surface area (Å²) in [6.45, 7) is 4.89. The molecule has 2 aromatic carbocycles. The molecule has 1 amide bonds. The van der Waals surface area contributed by atoms with Crippen molar-refractivity contribution in [3.05, 3.63) is 70.2 Å². The molecule has 1 aliphatic heterocycles. The first-order valence-corrected chi connectivity index (χ1v) is 9.64. The van der Waals surface area contributed by atoms with Crippen LogP contribution in [-0.4, -0.2) is 36.4 Å². The van der Waals surface area contributed by atoms with Gasteiger partial charge in [-0.05, 0) is 42.2 Å². The molecule has 0 unspecified atom stereocenters. The van der Waals surface area contributed by atoms with Gasteiger partial charge in [-0.3, -0.25) is 4.79 Å². The third-order valence-electron chi connectivity index (χ3n) is 4.54. The van der Waals surface area contributed by atoms with E-state index in [0.29, 0.717) is 24.1 Å². The zero-order valence-corrected chi connectivity index (χ0v) is 19.0. The van der Waals surface area contributed by atoms with Gasteiger partial charge in [-0.25, -0.2) is 4.99 Å². The molecule has 0 aromatic heterocycles. The summed E-state index contributed by atoms with van der Waals surface area (Å²) in [4.78, 5) is 19.0. The lowest BCUT2D eigenvalue weighted by Crippen LogP contribution is -2.45. The molecule has 0 saturated heterocycles. The van der Waals surface area contributed by atoms with Crippen LogP contribution in [0.2, 0.25) is 5.02 Å². The van der Waals surface area contributed by atoms with Crippen LogP contribution in [0, 0.1) is 0 Å². The number of rotatable bonds is 5. The molecular formula is C21H26ClIN4O. The first-order valence-electron chi connectivity index (χ1n) is 9.27. The average Bonchev–Trinajstić information content (AvgIpc) is 2.69. The summed E-state index contributed by atoms with van der Waals surface area (Å²) in [6, 6.07) is 15.9. The third kappa shape index (κ3) is 6.38. The first kappa shape index (κ1) is 22.5. The lowest BCUT2D eigenvalue weighted by atomic mass is 10.00. The van der Waals surface area contributed by atoms with E-state index < -0.39 is 0 Å². The molecule has 1 heterocycles. The van der Waals surface area contributed by atoms with Crippen molar-refractivity contribution >= 4 is 47.4 Å². The van der Waals surface area contributed by atoms with Gasteiger partial charge in [0.2, 0.25) is 5.91 Å². The summed E-state index contributed by atoms with van der Waals surface area (Å²) in [5.41, 5.74) is 3.60. The SMILES string of the molecule is CCNC(=NCc1cccc(Cl)c1)NCC(=O)N1CCc2ccccc2C1.I. The van der Waals surface area contributed by atoms with Gasteiger partial charge in [-0.2, -0.15) is 0 Å². The van der Waals surface area contributed by atoms with Crippen LogP contribution in [0.4, 0.5) is 0 Å². The number of guanidine groups is 1. The molecule has 3 rings (SSSR count). The molecule has 0 bridgehead atoms. The molecule has 7 heteroatoms. The fourth-order valence-electron chi connectivity index (χ4n) is 3.13. The number of carbonyl (C=O) groups is 1. The van der Waals surface area contributed by atoms with Gasteiger partial charge in [0.05, 0.1) is 13.1 Å². The molecule has 2 N–H and O–H groups in total. The van der Waals surface area contributed by atoms with E-state index in [9.17, 15) is 4.79 Å². The van der Waals surface area contributed by atoms with Crippen LogP contribution in [0.1, 0.15) is 23.6 Å². The highest BCUT2D eigenvalue weighted by Gasteiger charge is 2.20. The maximum absolute atomic E-state index is 12.6. The topological polar surface area (TPSA) is 56.7 Å². The van der Waals surface area contributed by atoms with Crippen LogP contribution < -0.4 is 10.6 Å². The zero-order valence-electron chi connectivity index (χ0n) is 16.0. The maximum atomic E-state index is 12.6. The van der Waals surface area contributed by atoms with Gasteiger partial charge in [0.25, 0.3) is 0 Å². The number of benzene rings is 2. The highest BCUT2D eigenvalue weighted by atomic mass is 127. The molecule has 5 nitrogen and oxygen atoms in total. The van der Waals surface area contributed by atoms with E-state index in [2.05, 4.69) is 33.8 Å². The predicted octanol–water partition coefficient (Wildman–Crippen LogP) is 3.60. The van der Waals surface area contributed by atoms with E-state index in [-0.39, 0.29) is 36.4 Å². The van der Waals surface area contributed by atoms with E-state index in [0.717, 1.165) is 25.1 Å². The van der Waals surface area contributed by atoms with Crippen molar-refractivity contribution in [3.8, 4) is 0 Å². The van der Waals surface area contributed by atoms with Crippen molar-refractivity contribution in [3.63, 3.8) is 0 Å². The van der Waals surface area contributed by atoms with Crippen molar-refractivity contribution in [1.29, 1.82) is 0 Å². The van der Waals surface area contributed by atoms with E-state index in [1.165, 1.54) is 11.1 Å². The van der Waals surface area contributed by atoms with Crippen LogP contribution >= 0.6 is 35.6 Å². The molecule has 0 aliphatic carbocycles. The van der Waals surface area contributed by atoms with E-state index >= 15 is 0 Å². The average molecular weight is 513 g/mol. The van der Waals surface area contributed by atoms with Gasteiger partial charge in [-0.1, -0.05) is 48.0 Å². The molecule has 0 spiro atoms. The van der Waals surface area contributed by atoms with Crippen LogP contribution in [-0.2, 0) is 24.3 Å². The van der Waals surface area contributed by atoms with Crippen molar-refractivity contribution < 1.29 is 4.79 Å². The van der Waals surface area contributed by atoms with Crippen molar-refractivity contribution in [2.45, 2.75) is 26.4 Å². The lowest BCUT2D eigenvalue weighted by Gasteiger charge is -2.29. The Balaban J connectivity index is 0.00000280. The largest absolute Gasteiger partial charge is 0.357 e. The second-order valence-electron chi connectivity index (χ2n) is 6.51. The Labute approximate surface area is 188 Å². The summed E-state index contributed by atoms with van der Waals surface area (Å²) < 4.78 is 0. The molecule has 0 atom stereocenters. The molecular weight excluding hydrogens is 487 g/mol. The van der Waals surface area contributed by atoms with E-state index in [4.69, 9.17) is 11.6 Å². The molecule has 1 aliphatic rings. The van der Waals surface area contributed by atoms with Gasteiger partial charge in [0.1, 0.15) is 0 Å². The number of carbonyl (C=O) groups excluding carboxylic acids is 1. The van der Waals surface area contributed by atoms with Gasteiger partial charge in [-0.15, -0.1) is 24.0 Å². The molecule has 0 radical (unpaired) electrons. The number of nitrogens with zero attached hydrogens (tertiary/aromatic N) is 2. The summed E-state index contributed by atoms with van der Waals surface area (Å²) in [7, 11) is 0. The van der Waals surface area contributed by atoms with Crippen molar-refractivity contribution in [1.82, 2.24) is 15.5 Å². The van der Waals surface area contributed by atoms with E-state index in [1.807, 2.05) is 42.2 Å². The molecule has 0 saturated carbocycles. The second-order valence-corrected chi connectivity index (χ2v) is 6.95. The summed E-state index contributed by atoms with van der Waals surface area (Å²) >= 11 is 6.02. The predicted molar refractivity (Wildman–Crippen MR) is 125 cm³/mol. The maximum Gasteiger partial charge on any atom is 0.242 e. The van der Waals surface area contributed by atoms with Crippen LogP contribution in [0.5, 0.6) is 0 Å². The quantitative estimate of drug-likeness (QED) is 0.366. The molecule has 0 fully saturated rings. The fourth-order valence-corrected chi connectivity index (χ4v) is 3.34. The number of hydrogen-bond acceptors (Lipinski definition) is 2. The Morgan fingerprint density at radius 1 is 1.14 bits per heavy atom. The van der Waals surface area contributed by atoms with Crippen LogP contribution in [0.15, 0.2) is 53.5 Å². The number of halogens is 2. The minimum atomic E-state index is 0. The minimum Gasteiger partial charge on any atom is -0.357 e. The van der Waals surface area contributed by atoms with Gasteiger partial charge in [0, 0.05) is 24.7 Å². The molecule has 28 heavy (non-hydrogen) atoms. The standard InChI is InChI=1S/C21H25ClN4O.HI/c1-2-23-21(24-13-16-6-5-9-19(22)12-16)25-14-20(27)26-11-10-17-7-3-4-8-18(17)15-26;/h3-9,12H,2,10-11,13-15H2,1H3,(H2,23,24,25);1H. The third-order valence-corrected chi connectivity index (χ3v) is 4.78. The first-order chi connectivity index (χ1) is 13.2. The Hall–Kier alpha value is -1.80. The van der Waals surface area contributed by atoms with Crippen molar-refractivity contribution in [2.24, 2.45) is 4.99 Å². The highest BCUT2D eigenvalue weighted by Crippen LogP contribution is 2.18. The van der Waals surface area contributed by atoms with Gasteiger partial charge in [0.15, 0.2) is 5.96 Å². The number of hydrogen-bond donors (Lipinski definition) is 2. The lowest BCUT2D eigenvalue weighted by molar-refractivity contribution is -0.130. The number of amides is 1. The zero-order chi connectivity index (χ0) is 19.1. The number of aliphatic imine (C=N–C) groups is 1. The second kappa shape index (κ2) is 11.3. The molecule has 2 aromatic rings. The van der Waals surface area contributed by atoms with Gasteiger partial charge >= 0.3 is 0 Å². The summed E-state index contributed by atoms with van der Waals surface area (Å²) in [5.74, 6) is 0.709. The van der Waals surface area contributed by atoms with Crippen LogP contribution in [0.3, 0.4) is 0 Å². The normalized spacial score (nSPS) is 13.4. The number of nitrogens with one attached hydrogen (secondary N) is 2. The number of fused-ring (bicyclic) bond motifs is 1. The summed E-state index contributed by atoms with van der Waals surface area (Å²) in [5, 5.41) is 7.01. The fraction of sp³-hybridized carbons (Fsp3) is 0.333. The molecule has 150 valence electrons. The monoisotopic (exact) mass is 512 g/mol. The van der Waals surface area contributed by atoms with E-state index in [1.54, 1.807) is 0 Å². The van der Waals surface area contributed by atoms with Crippen molar-refractivity contribution in [2.75, 3.05) is 19.6 Å². The minimum absolute atomic E-state index is 0. The summed E-state index contributed by atoms with van der Waals surface area (Å²) in [6.07, 6.45) is 0.908. The van der Waals surface area contributed by atoms with Crippen LogP contribution in [0.25, 0.3) is 0 Å². The Morgan fingerprint density at radius 2 is 1.93 bits per heavy atom. The highest BCUT2D eigenvalue weighted by molar-refractivity contribution is 14.0. The Morgan fingerprint density at radius 3 is 2.68 bits per heavy atom. The Bertz CT molecular complexity index is 828. The Kier molecular flexibility index (Phi) is 9.05. The van der Waals surface area contributed by atoms with Gasteiger partial charge < -0.3 is 15.5 Å². The smallest absolute Gasteiger partial charge is 0.242 e.